The Morgan fingerprint density at radius 3 is 2.50 bits per heavy atom. The maximum Gasteiger partial charge on any atom is 0.137 e. The van der Waals surface area contributed by atoms with Crippen LogP contribution < -0.4 is 5.73 Å². The number of rotatable bonds is 5. The summed E-state index contributed by atoms with van der Waals surface area (Å²) in [6, 6.07) is 5.17. The van der Waals surface area contributed by atoms with Gasteiger partial charge in [0.1, 0.15) is 10.8 Å². The molecule has 1 heterocycles. The van der Waals surface area contributed by atoms with Crippen molar-refractivity contribution in [1.29, 1.82) is 0 Å². The molecule has 20 heavy (non-hydrogen) atoms. The molecule has 0 bridgehead atoms. The van der Waals surface area contributed by atoms with Gasteiger partial charge < -0.3 is 10.8 Å². The summed E-state index contributed by atoms with van der Waals surface area (Å²) in [7, 11) is 0. The highest BCUT2D eigenvalue weighted by molar-refractivity contribution is 7.80. The Hall–Kier alpha value is -1.08. The lowest BCUT2D eigenvalue weighted by atomic mass is 10.1. The van der Waals surface area contributed by atoms with Crippen molar-refractivity contribution in [3.63, 3.8) is 0 Å². The van der Waals surface area contributed by atoms with E-state index in [4.69, 9.17) is 23.1 Å². The zero-order valence-electron chi connectivity index (χ0n) is 11.4. The highest BCUT2D eigenvalue weighted by Gasteiger charge is 2.18. The quantitative estimate of drug-likeness (QED) is 0.778. The lowest BCUT2D eigenvalue weighted by Crippen LogP contribution is -2.46. The number of β-amino-alcohol motifs (C(OH)–C–C–N with tert-alkyl or cyclic N) is 1. The highest BCUT2D eigenvalue weighted by atomic mass is 32.1. The fraction of sp³-hybridized carbons (Fsp3) is 0.500. The van der Waals surface area contributed by atoms with Gasteiger partial charge in [-0.15, -0.1) is 0 Å². The van der Waals surface area contributed by atoms with Gasteiger partial charge in [0.25, 0.3) is 0 Å². The van der Waals surface area contributed by atoms with E-state index in [-0.39, 0.29) is 17.4 Å². The smallest absolute Gasteiger partial charge is 0.137 e. The van der Waals surface area contributed by atoms with Crippen molar-refractivity contribution >= 4 is 17.2 Å². The lowest BCUT2D eigenvalue weighted by molar-refractivity contribution is 0.108. The average Bonchev–Trinajstić information content (AvgIpc) is 2.43. The minimum atomic E-state index is -0.308. The summed E-state index contributed by atoms with van der Waals surface area (Å²) in [5.74, 6) is -0.308. The molecule has 0 saturated carbocycles. The fourth-order valence-corrected chi connectivity index (χ4v) is 2.60. The minimum Gasteiger partial charge on any atom is -0.395 e. The first-order valence-corrected chi connectivity index (χ1v) is 7.15. The lowest BCUT2D eigenvalue weighted by Gasteiger charge is -2.34. The van der Waals surface area contributed by atoms with Crippen LogP contribution >= 0.6 is 12.2 Å². The molecule has 0 aliphatic carbocycles. The van der Waals surface area contributed by atoms with Crippen molar-refractivity contribution < 1.29 is 9.50 Å². The Kier molecular flexibility index (Phi) is 5.42. The number of thiocarbonyl (C=S) groups is 1. The van der Waals surface area contributed by atoms with Crippen LogP contribution in [0.2, 0.25) is 0 Å². The molecule has 0 unspecified atom stereocenters. The van der Waals surface area contributed by atoms with Gasteiger partial charge in [-0.25, -0.2) is 4.39 Å². The summed E-state index contributed by atoms with van der Waals surface area (Å²) in [5, 5.41) is 8.91. The predicted octanol–water partition coefficient (Wildman–Crippen LogP) is 0.570. The number of halogens is 1. The van der Waals surface area contributed by atoms with Crippen LogP contribution in [0.4, 0.5) is 4.39 Å². The zero-order chi connectivity index (χ0) is 14.5. The van der Waals surface area contributed by atoms with Crippen molar-refractivity contribution in [1.82, 2.24) is 9.80 Å². The van der Waals surface area contributed by atoms with E-state index in [9.17, 15) is 4.39 Å². The van der Waals surface area contributed by atoms with Crippen molar-refractivity contribution in [3.05, 3.63) is 35.1 Å². The standard InChI is InChI=1S/C14H20FN3OS/c15-13-11(2-1-3-12(13)14(16)20)10-18-6-4-17(5-7-18)8-9-19/h1-3,19H,4-10H2,(H2,16,20). The van der Waals surface area contributed by atoms with E-state index in [1.54, 1.807) is 18.2 Å². The molecule has 0 atom stereocenters. The number of nitrogens with two attached hydrogens (primary N) is 1. The molecule has 1 aromatic rings. The second-order valence-corrected chi connectivity index (χ2v) is 5.42. The van der Waals surface area contributed by atoms with E-state index in [0.717, 1.165) is 26.2 Å². The molecule has 4 nitrogen and oxygen atoms in total. The highest BCUT2D eigenvalue weighted by Crippen LogP contribution is 2.16. The van der Waals surface area contributed by atoms with Crippen molar-refractivity contribution in [3.8, 4) is 0 Å². The average molecular weight is 297 g/mol. The SMILES string of the molecule is NC(=S)c1cccc(CN2CCN(CCO)CC2)c1F. The van der Waals surface area contributed by atoms with E-state index in [1.165, 1.54) is 0 Å². The summed E-state index contributed by atoms with van der Waals surface area (Å²) >= 11 is 4.85. The Morgan fingerprint density at radius 2 is 1.90 bits per heavy atom. The Morgan fingerprint density at radius 1 is 1.25 bits per heavy atom. The van der Waals surface area contributed by atoms with Crippen LogP contribution in [0.3, 0.4) is 0 Å². The number of aliphatic hydroxyl groups excluding tert-OH is 1. The molecule has 3 N–H and O–H groups in total. The van der Waals surface area contributed by atoms with Gasteiger partial charge in [0.05, 0.1) is 6.61 Å². The molecule has 1 aromatic carbocycles. The fourth-order valence-electron chi connectivity index (χ4n) is 2.45. The van der Waals surface area contributed by atoms with Crippen molar-refractivity contribution in [2.75, 3.05) is 39.3 Å². The third-order valence-corrected chi connectivity index (χ3v) is 3.84. The molecule has 0 amide bonds. The van der Waals surface area contributed by atoms with Crippen LogP contribution in [0, 0.1) is 5.82 Å². The maximum absolute atomic E-state index is 14.2. The zero-order valence-corrected chi connectivity index (χ0v) is 12.2. The summed E-state index contributed by atoms with van der Waals surface area (Å²) in [6.07, 6.45) is 0. The largest absolute Gasteiger partial charge is 0.395 e. The van der Waals surface area contributed by atoms with Gasteiger partial charge in [0.15, 0.2) is 0 Å². The number of hydrogen-bond donors (Lipinski definition) is 2. The molecular weight excluding hydrogens is 277 g/mol. The summed E-state index contributed by atoms with van der Waals surface area (Å²) in [5.41, 5.74) is 6.46. The monoisotopic (exact) mass is 297 g/mol. The van der Waals surface area contributed by atoms with E-state index in [1.807, 2.05) is 0 Å². The van der Waals surface area contributed by atoms with Crippen molar-refractivity contribution in [2.45, 2.75) is 6.54 Å². The molecular formula is C14H20FN3OS. The van der Waals surface area contributed by atoms with Gasteiger partial charge in [-0.05, 0) is 6.07 Å². The van der Waals surface area contributed by atoms with E-state index >= 15 is 0 Å². The van der Waals surface area contributed by atoms with Gasteiger partial charge in [-0.2, -0.15) is 0 Å². The molecule has 1 fully saturated rings. The van der Waals surface area contributed by atoms with Crippen LogP contribution in [-0.2, 0) is 6.54 Å². The summed E-state index contributed by atoms with van der Waals surface area (Å²) in [6.45, 7) is 5.00. The third-order valence-electron chi connectivity index (χ3n) is 3.62. The Bertz CT molecular complexity index is 475. The maximum atomic E-state index is 14.2. The first-order valence-electron chi connectivity index (χ1n) is 6.74. The van der Waals surface area contributed by atoms with Gasteiger partial charge in [0.2, 0.25) is 0 Å². The van der Waals surface area contributed by atoms with Crippen LogP contribution in [0.15, 0.2) is 18.2 Å². The molecule has 0 radical (unpaired) electrons. The number of hydrogen-bond acceptors (Lipinski definition) is 4. The minimum absolute atomic E-state index is 0.0946. The molecule has 1 saturated heterocycles. The predicted molar refractivity (Wildman–Crippen MR) is 81.1 cm³/mol. The first-order chi connectivity index (χ1) is 9.61. The topological polar surface area (TPSA) is 52.7 Å². The Labute approximate surface area is 124 Å². The normalized spacial score (nSPS) is 17.3. The summed E-state index contributed by atoms with van der Waals surface area (Å²) in [4.78, 5) is 4.51. The van der Waals surface area contributed by atoms with E-state index in [0.29, 0.717) is 24.2 Å². The molecule has 6 heteroatoms. The van der Waals surface area contributed by atoms with E-state index < -0.39 is 0 Å². The van der Waals surface area contributed by atoms with E-state index in [2.05, 4.69) is 9.80 Å². The molecule has 110 valence electrons. The second-order valence-electron chi connectivity index (χ2n) is 4.98. The number of piperazine rings is 1. The van der Waals surface area contributed by atoms with Gasteiger partial charge in [-0.3, -0.25) is 9.80 Å². The molecule has 0 aromatic heterocycles. The third kappa shape index (κ3) is 3.73. The van der Waals surface area contributed by atoms with Crippen LogP contribution in [0.25, 0.3) is 0 Å². The van der Waals surface area contributed by atoms with Crippen LogP contribution in [0.1, 0.15) is 11.1 Å². The molecule has 2 rings (SSSR count). The number of benzene rings is 1. The second kappa shape index (κ2) is 7.08. The summed E-state index contributed by atoms with van der Waals surface area (Å²) < 4.78 is 14.2. The van der Waals surface area contributed by atoms with Crippen LogP contribution in [0.5, 0.6) is 0 Å². The van der Waals surface area contributed by atoms with Gasteiger partial charge >= 0.3 is 0 Å². The number of nitrogens with zero attached hydrogens (tertiary/aromatic N) is 2. The van der Waals surface area contributed by atoms with Crippen LogP contribution in [-0.4, -0.2) is 59.2 Å². The van der Waals surface area contributed by atoms with Gasteiger partial charge in [0, 0.05) is 50.4 Å². The molecule has 0 spiro atoms. The van der Waals surface area contributed by atoms with Gasteiger partial charge in [-0.1, -0.05) is 24.4 Å². The van der Waals surface area contributed by atoms with Crippen molar-refractivity contribution in [2.24, 2.45) is 5.73 Å². The number of aliphatic hydroxyl groups is 1. The first kappa shape index (κ1) is 15.3. The molecule has 1 aliphatic rings. The molecule has 1 aliphatic heterocycles. The Balaban J connectivity index is 1.98.